The Morgan fingerprint density at radius 3 is 2.71 bits per heavy atom. The molecule has 2 heterocycles. The number of halogens is 3. The molecule has 0 saturated heterocycles. The number of nitrogens with zero attached hydrogens (tertiary/aromatic N) is 1. The summed E-state index contributed by atoms with van der Waals surface area (Å²) in [6.45, 7) is 1.97. The van der Waals surface area contributed by atoms with Crippen molar-refractivity contribution in [3.05, 3.63) is 81.5 Å². The normalized spacial score (nSPS) is 15.9. The third kappa shape index (κ3) is 5.59. The summed E-state index contributed by atoms with van der Waals surface area (Å²) in [7, 11) is 0. The maximum Gasteiger partial charge on any atom is 0.416 e. The highest BCUT2D eigenvalue weighted by molar-refractivity contribution is 7.10. The zero-order chi connectivity index (χ0) is 24.3. The lowest BCUT2D eigenvalue weighted by Crippen LogP contribution is -2.38. The molecule has 1 aliphatic heterocycles. The molecular formula is C25H23F3N2O3S. The summed E-state index contributed by atoms with van der Waals surface area (Å²) in [5, 5.41) is 4.76. The van der Waals surface area contributed by atoms with Gasteiger partial charge < -0.3 is 15.0 Å². The van der Waals surface area contributed by atoms with Crippen LogP contribution in [0.5, 0.6) is 5.75 Å². The Bertz CT molecular complexity index is 1180. The van der Waals surface area contributed by atoms with Gasteiger partial charge in [-0.25, -0.2) is 0 Å². The molecule has 0 spiro atoms. The van der Waals surface area contributed by atoms with Crippen LogP contribution in [0.2, 0.25) is 0 Å². The number of carbonyl (C=O) groups is 2. The highest BCUT2D eigenvalue weighted by atomic mass is 32.1. The van der Waals surface area contributed by atoms with Crippen molar-refractivity contribution >= 4 is 28.8 Å². The first-order valence-corrected chi connectivity index (χ1v) is 11.7. The van der Waals surface area contributed by atoms with Crippen molar-refractivity contribution in [1.82, 2.24) is 4.90 Å². The highest BCUT2D eigenvalue weighted by Gasteiger charge is 2.32. The molecule has 5 nitrogen and oxygen atoms in total. The molecule has 1 aliphatic rings. The monoisotopic (exact) mass is 488 g/mol. The minimum atomic E-state index is -4.46. The molecule has 0 aliphatic carbocycles. The third-order valence-electron chi connectivity index (χ3n) is 5.48. The Morgan fingerprint density at radius 2 is 2.00 bits per heavy atom. The molecule has 0 unspecified atom stereocenters. The smallest absolute Gasteiger partial charge is 0.416 e. The van der Waals surface area contributed by atoms with Crippen molar-refractivity contribution in [2.45, 2.75) is 45.1 Å². The number of ether oxygens (including phenoxy) is 1. The highest BCUT2D eigenvalue weighted by Crippen LogP contribution is 2.32. The van der Waals surface area contributed by atoms with E-state index in [4.69, 9.17) is 4.74 Å². The molecule has 178 valence electrons. The molecule has 9 heteroatoms. The topological polar surface area (TPSA) is 58.6 Å². The van der Waals surface area contributed by atoms with Gasteiger partial charge in [0.15, 0.2) is 6.10 Å². The zero-order valence-electron chi connectivity index (χ0n) is 18.4. The van der Waals surface area contributed by atoms with Crippen molar-refractivity contribution in [3.8, 4) is 5.75 Å². The number of amides is 2. The molecule has 34 heavy (non-hydrogen) atoms. The van der Waals surface area contributed by atoms with E-state index in [-0.39, 0.29) is 31.3 Å². The maximum absolute atomic E-state index is 13.1. The lowest BCUT2D eigenvalue weighted by atomic mass is 10.1. The van der Waals surface area contributed by atoms with E-state index in [1.165, 1.54) is 22.3 Å². The molecule has 0 bridgehead atoms. The van der Waals surface area contributed by atoms with E-state index in [2.05, 4.69) is 5.32 Å². The average molecular weight is 489 g/mol. The number of carbonyl (C=O) groups excluding carboxylic acids is 2. The zero-order valence-corrected chi connectivity index (χ0v) is 19.2. The maximum atomic E-state index is 13.1. The number of benzene rings is 2. The van der Waals surface area contributed by atoms with Gasteiger partial charge in [0, 0.05) is 29.2 Å². The fraction of sp³-hybridized carbons (Fsp3) is 0.280. The number of thiophene rings is 1. The number of alkyl halides is 3. The summed E-state index contributed by atoms with van der Waals surface area (Å²) < 4.78 is 45.3. The van der Waals surface area contributed by atoms with Crippen LogP contribution in [0.4, 0.5) is 18.9 Å². The number of anilines is 1. The van der Waals surface area contributed by atoms with Crippen molar-refractivity contribution in [1.29, 1.82) is 0 Å². The van der Waals surface area contributed by atoms with Crippen LogP contribution in [0.1, 0.15) is 34.9 Å². The van der Waals surface area contributed by atoms with Crippen LogP contribution in [0, 0.1) is 0 Å². The molecule has 4 rings (SSSR count). The number of rotatable bonds is 6. The molecule has 3 aromatic rings. The largest absolute Gasteiger partial charge is 0.480 e. The first-order valence-electron chi connectivity index (χ1n) is 10.8. The van der Waals surface area contributed by atoms with Gasteiger partial charge in [-0.05, 0) is 53.8 Å². The molecule has 0 radical (unpaired) electrons. The second kappa shape index (κ2) is 9.89. The van der Waals surface area contributed by atoms with Gasteiger partial charge in [0.1, 0.15) is 5.75 Å². The van der Waals surface area contributed by atoms with Crippen LogP contribution in [0.25, 0.3) is 0 Å². The minimum absolute atomic E-state index is 0.0109. The molecule has 1 aromatic heterocycles. The molecular weight excluding hydrogens is 465 g/mol. The number of nitrogens with one attached hydrogen (secondary N) is 1. The molecule has 1 N–H and O–H groups in total. The van der Waals surface area contributed by atoms with E-state index in [0.717, 1.165) is 17.0 Å². The second-order valence-corrected chi connectivity index (χ2v) is 9.07. The van der Waals surface area contributed by atoms with E-state index in [9.17, 15) is 22.8 Å². The predicted octanol–water partition coefficient (Wildman–Crippen LogP) is 5.65. The Kier molecular flexibility index (Phi) is 6.92. The van der Waals surface area contributed by atoms with Gasteiger partial charge >= 0.3 is 6.18 Å². The van der Waals surface area contributed by atoms with Gasteiger partial charge in [0.05, 0.1) is 12.0 Å². The number of hydrogen-bond donors (Lipinski definition) is 1. The Morgan fingerprint density at radius 1 is 1.18 bits per heavy atom. The number of fused-ring (bicyclic) bond motifs is 1. The Balaban J connectivity index is 1.56. The quantitative estimate of drug-likeness (QED) is 0.488. The van der Waals surface area contributed by atoms with E-state index in [0.29, 0.717) is 29.0 Å². The van der Waals surface area contributed by atoms with E-state index in [1.807, 2.05) is 24.4 Å². The van der Waals surface area contributed by atoms with Crippen LogP contribution < -0.4 is 10.1 Å². The molecule has 0 saturated carbocycles. The van der Waals surface area contributed by atoms with Crippen LogP contribution in [0.15, 0.2) is 60.0 Å². The summed E-state index contributed by atoms with van der Waals surface area (Å²) in [6.07, 6.45) is -4.54. The Labute approximate surface area is 199 Å². The van der Waals surface area contributed by atoms with Crippen LogP contribution >= 0.6 is 11.3 Å². The first-order chi connectivity index (χ1) is 16.2. The standard InChI is InChI=1S/C25H23F3N2O3S/c1-2-21-24(32)30(14-16-5-3-6-18(11-16)25(26,27)28)15-17-12-19(8-9-22(17)33-21)29-23(31)13-20-7-4-10-34-20/h3-12,21H,2,13-15H2,1H3,(H,29,31)/t21-/m1/s1. The predicted molar refractivity (Wildman–Crippen MR) is 123 cm³/mol. The fourth-order valence-electron chi connectivity index (χ4n) is 3.82. The minimum Gasteiger partial charge on any atom is -0.480 e. The van der Waals surface area contributed by atoms with Crippen molar-refractivity contribution < 1.29 is 27.5 Å². The first kappa shape index (κ1) is 23.8. The summed E-state index contributed by atoms with van der Waals surface area (Å²) in [5.74, 6) is 0.0580. The van der Waals surface area contributed by atoms with Gasteiger partial charge in [-0.2, -0.15) is 13.2 Å². The van der Waals surface area contributed by atoms with Crippen LogP contribution in [-0.4, -0.2) is 22.8 Å². The van der Waals surface area contributed by atoms with E-state index < -0.39 is 17.8 Å². The van der Waals surface area contributed by atoms with Gasteiger partial charge in [-0.3, -0.25) is 9.59 Å². The fourth-order valence-corrected chi connectivity index (χ4v) is 4.52. The van der Waals surface area contributed by atoms with Crippen molar-refractivity contribution in [3.63, 3.8) is 0 Å². The molecule has 0 fully saturated rings. The summed E-state index contributed by atoms with van der Waals surface area (Å²) in [5.41, 5.74) is 0.851. The summed E-state index contributed by atoms with van der Waals surface area (Å²) in [6, 6.07) is 13.9. The third-order valence-corrected chi connectivity index (χ3v) is 6.35. The van der Waals surface area contributed by atoms with Crippen LogP contribution in [0.3, 0.4) is 0 Å². The lowest BCUT2D eigenvalue weighted by molar-refractivity contribution is -0.139. The molecule has 1 atom stereocenters. The van der Waals surface area contributed by atoms with Gasteiger partial charge in [0.2, 0.25) is 5.91 Å². The van der Waals surface area contributed by atoms with Crippen LogP contribution in [-0.2, 0) is 35.3 Å². The Hall–Kier alpha value is -3.33. The lowest BCUT2D eigenvalue weighted by Gasteiger charge is -2.23. The average Bonchev–Trinajstić information content (AvgIpc) is 3.25. The summed E-state index contributed by atoms with van der Waals surface area (Å²) in [4.78, 5) is 27.9. The van der Waals surface area contributed by atoms with Gasteiger partial charge in [-0.15, -0.1) is 11.3 Å². The van der Waals surface area contributed by atoms with Crippen molar-refractivity contribution in [2.24, 2.45) is 0 Å². The molecule has 2 amide bonds. The summed E-state index contributed by atoms with van der Waals surface area (Å²) >= 11 is 1.50. The number of hydrogen-bond acceptors (Lipinski definition) is 4. The van der Waals surface area contributed by atoms with Gasteiger partial charge in [0.25, 0.3) is 5.91 Å². The van der Waals surface area contributed by atoms with Gasteiger partial charge in [-0.1, -0.05) is 25.1 Å². The van der Waals surface area contributed by atoms with E-state index in [1.54, 1.807) is 24.3 Å². The second-order valence-electron chi connectivity index (χ2n) is 8.03. The SMILES string of the molecule is CC[C@H]1Oc2ccc(NC(=O)Cc3cccs3)cc2CN(Cc2cccc(C(F)(F)F)c2)C1=O. The molecule has 2 aromatic carbocycles. The van der Waals surface area contributed by atoms with E-state index >= 15 is 0 Å². The van der Waals surface area contributed by atoms with Crippen molar-refractivity contribution in [2.75, 3.05) is 5.32 Å².